The number of hydrogen-bond donors (Lipinski definition) is 1. The van der Waals surface area contributed by atoms with E-state index in [1.807, 2.05) is 36.4 Å². The molecule has 0 bridgehead atoms. The molecule has 0 aliphatic heterocycles. The van der Waals surface area contributed by atoms with E-state index in [9.17, 15) is 9.90 Å². The number of aryl methyl sites for hydroxylation is 1. The summed E-state index contributed by atoms with van der Waals surface area (Å²) in [6.07, 6.45) is 0. The largest absolute Gasteiger partial charge is 0.478 e. The quantitative estimate of drug-likeness (QED) is 0.917. The highest BCUT2D eigenvalue weighted by Crippen LogP contribution is 2.23. The summed E-state index contributed by atoms with van der Waals surface area (Å²) in [5.41, 5.74) is 3.26. The fraction of sp³-hybridized carbons (Fsp3) is 0.214. The van der Waals surface area contributed by atoms with Gasteiger partial charge in [-0.3, -0.25) is 0 Å². The van der Waals surface area contributed by atoms with E-state index in [2.05, 4.69) is 11.4 Å². The van der Waals surface area contributed by atoms with Gasteiger partial charge in [0.25, 0.3) is 0 Å². The minimum Gasteiger partial charge on any atom is -0.478 e. The summed E-state index contributed by atoms with van der Waals surface area (Å²) in [6.45, 7) is 2.61. The molecule has 18 heavy (non-hydrogen) atoms. The second kappa shape index (κ2) is 5.23. The van der Waals surface area contributed by atoms with Gasteiger partial charge in [0.15, 0.2) is 0 Å². The summed E-state index contributed by atoms with van der Waals surface area (Å²) in [5.74, 6) is -0.883. The van der Waals surface area contributed by atoms with Crippen molar-refractivity contribution in [1.82, 2.24) is 0 Å². The first-order valence-corrected chi connectivity index (χ1v) is 6.58. The Morgan fingerprint density at radius 3 is 2.78 bits per heavy atom. The fourth-order valence-electron chi connectivity index (χ4n) is 1.90. The Morgan fingerprint density at radius 1 is 1.39 bits per heavy atom. The van der Waals surface area contributed by atoms with Crippen molar-refractivity contribution in [3.05, 3.63) is 51.7 Å². The summed E-state index contributed by atoms with van der Waals surface area (Å²) in [7, 11) is 1.91. The summed E-state index contributed by atoms with van der Waals surface area (Å²) >= 11 is 1.65. The van der Waals surface area contributed by atoms with Gasteiger partial charge in [-0.25, -0.2) is 4.79 Å². The van der Waals surface area contributed by atoms with Gasteiger partial charge in [0.1, 0.15) is 0 Å². The lowest BCUT2D eigenvalue weighted by molar-refractivity contribution is 0.0697. The Kier molecular flexibility index (Phi) is 3.67. The number of aromatic carboxylic acids is 1. The first kappa shape index (κ1) is 12.6. The molecule has 0 saturated heterocycles. The van der Waals surface area contributed by atoms with Crippen LogP contribution in [0.2, 0.25) is 0 Å². The number of carboxylic acid groups (broad SMARTS) is 1. The molecule has 0 fully saturated rings. The van der Waals surface area contributed by atoms with Crippen molar-refractivity contribution in [3.63, 3.8) is 0 Å². The first-order chi connectivity index (χ1) is 8.58. The first-order valence-electron chi connectivity index (χ1n) is 5.64. The Bertz CT molecular complexity index is 549. The van der Waals surface area contributed by atoms with Crippen LogP contribution in [0.25, 0.3) is 0 Å². The number of carbonyl (C=O) groups is 1. The number of nitrogens with zero attached hydrogens (tertiary/aromatic N) is 1. The average molecular weight is 261 g/mol. The summed E-state index contributed by atoms with van der Waals surface area (Å²) < 4.78 is 0. The van der Waals surface area contributed by atoms with E-state index in [4.69, 9.17) is 0 Å². The van der Waals surface area contributed by atoms with Crippen LogP contribution in [-0.4, -0.2) is 18.1 Å². The summed E-state index contributed by atoms with van der Waals surface area (Å²) in [4.78, 5) is 13.2. The number of benzene rings is 1. The van der Waals surface area contributed by atoms with Gasteiger partial charge in [0.2, 0.25) is 0 Å². The van der Waals surface area contributed by atoms with Gasteiger partial charge in [-0.1, -0.05) is 11.6 Å². The molecule has 1 aromatic heterocycles. The maximum Gasteiger partial charge on any atom is 0.337 e. The van der Waals surface area contributed by atoms with Crippen LogP contribution in [0, 0.1) is 6.92 Å². The van der Waals surface area contributed by atoms with Crippen LogP contribution in [0.1, 0.15) is 21.5 Å². The molecule has 0 aliphatic rings. The van der Waals surface area contributed by atoms with Crippen molar-refractivity contribution >= 4 is 23.0 Å². The van der Waals surface area contributed by atoms with Gasteiger partial charge in [-0.15, -0.1) is 0 Å². The maximum absolute atomic E-state index is 11.3. The number of carboxylic acids is 1. The second-order valence-corrected chi connectivity index (χ2v) is 5.09. The SMILES string of the molecule is Cc1ccc(N(C)Cc2ccsc2)c(C(=O)O)c1. The molecule has 4 heteroatoms. The van der Waals surface area contributed by atoms with Crippen molar-refractivity contribution in [2.45, 2.75) is 13.5 Å². The van der Waals surface area contributed by atoms with E-state index in [1.165, 1.54) is 5.56 Å². The lowest BCUT2D eigenvalue weighted by Crippen LogP contribution is -2.19. The Hall–Kier alpha value is -1.81. The molecular weight excluding hydrogens is 246 g/mol. The highest BCUT2D eigenvalue weighted by molar-refractivity contribution is 7.07. The molecule has 0 amide bonds. The van der Waals surface area contributed by atoms with E-state index in [1.54, 1.807) is 17.4 Å². The van der Waals surface area contributed by atoms with Gasteiger partial charge >= 0.3 is 5.97 Å². The number of anilines is 1. The van der Waals surface area contributed by atoms with Crippen molar-refractivity contribution in [3.8, 4) is 0 Å². The third kappa shape index (κ3) is 2.71. The molecule has 1 aromatic carbocycles. The zero-order valence-corrected chi connectivity index (χ0v) is 11.2. The topological polar surface area (TPSA) is 40.5 Å². The predicted octanol–water partition coefficient (Wildman–Crippen LogP) is 3.39. The van der Waals surface area contributed by atoms with Crippen LogP contribution in [0.3, 0.4) is 0 Å². The van der Waals surface area contributed by atoms with E-state index in [-0.39, 0.29) is 0 Å². The number of thiophene rings is 1. The van der Waals surface area contributed by atoms with Crippen LogP contribution in [0.5, 0.6) is 0 Å². The minimum atomic E-state index is -0.883. The molecule has 1 N–H and O–H groups in total. The maximum atomic E-state index is 11.3. The molecule has 0 saturated carbocycles. The van der Waals surface area contributed by atoms with Crippen LogP contribution >= 0.6 is 11.3 Å². The molecule has 0 radical (unpaired) electrons. The van der Waals surface area contributed by atoms with Crippen LogP contribution in [0.4, 0.5) is 5.69 Å². The zero-order chi connectivity index (χ0) is 13.1. The Labute approximate surface area is 110 Å². The zero-order valence-electron chi connectivity index (χ0n) is 10.4. The second-order valence-electron chi connectivity index (χ2n) is 4.31. The van der Waals surface area contributed by atoms with Crippen molar-refractivity contribution in [1.29, 1.82) is 0 Å². The van der Waals surface area contributed by atoms with Crippen molar-refractivity contribution < 1.29 is 9.90 Å². The molecule has 3 nitrogen and oxygen atoms in total. The van der Waals surface area contributed by atoms with E-state index < -0.39 is 5.97 Å². The molecular formula is C14H15NO2S. The normalized spacial score (nSPS) is 10.3. The van der Waals surface area contributed by atoms with Crippen LogP contribution in [-0.2, 0) is 6.54 Å². The van der Waals surface area contributed by atoms with E-state index in [0.717, 1.165) is 11.3 Å². The predicted molar refractivity (Wildman–Crippen MR) is 74.6 cm³/mol. The highest BCUT2D eigenvalue weighted by atomic mass is 32.1. The smallest absolute Gasteiger partial charge is 0.337 e. The number of rotatable bonds is 4. The monoisotopic (exact) mass is 261 g/mol. The lowest BCUT2D eigenvalue weighted by Gasteiger charge is -2.21. The van der Waals surface area contributed by atoms with Gasteiger partial charge in [0, 0.05) is 13.6 Å². The third-order valence-corrected chi connectivity index (χ3v) is 3.53. The van der Waals surface area contributed by atoms with E-state index >= 15 is 0 Å². The highest BCUT2D eigenvalue weighted by Gasteiger charge is 2.13. The third-order valence-electron chi connectivity index (χ3n) is 2.79. The molecule has 2 rings (SSSR count). The van der Waals surface area contributed by atoms with Gasteiger partial charge < -0.3 is 10.0 Å². The fourth-order valence-corrected chi connectivity index (χ4v) is 2.56. The van der Waals surface area contributed by atoms with E-state index in [0.29, 0.717) is 12.1 Å². The molecule has 0 aliphatic carbocycles. The molecule has 2 aromatic rings. The van der Waals surface area contributed by atoms with Crippen LogP contribution < -0.4 is 4.90 Å². The Morgan fingerprint density at radius 2 is 2.17 bits per heavy atom. The molecule has 1 heterocycles. The average Bonchev–Trinajstić information content (AvgIpc) is 2.81. The molecule has 0 unspecified atom stereocenters. The van der Waals surface area contributed by atoms with Gasteiger partial charge in [-0.05, 0) is 41.4 Å². The van der Waals surface area contributed by atoms with Crippen LogP contribution in [0.15, 0.2) is 35.0 Å². The lowest BCUT2D eigenvalue weighted by atomic mass is 10.1. The molecule has 0 atom stereocenters. The molecule has 94 valence electrons. The standard InChI is InChI=1S/C14H15NO2S/c1-10-3-4-13(12(7-10)14(16)17)15(2)8-11-5-6-18-9-11/h3-7,9H,8H2,1-2H3,(H,16,17). The Balaban J connectivity index is 2.29. The van der Waals surface area contributed by atoms with Crippen molar-refractivity contribution in [2.24, 2.45) is 0 Å². The van der Waals surface area contributed by atoms with Gasteiger partial charge in [-0.2, -0.15) is 11.3 Å². The van der Waals surface area contributed by atoms with Gasteiger partial charge in [0.05, 0.1) is 11.3 Å². The minimum absolute atomic E-state index is 0.354. The number of hydrogen-bond acceptors (Lipinski definition) is 3. The summed E-state index contributed by atoms with van der Waals surface area (Å²) in [5, 5.41) is 13.3. The molecule has 0 spiro atoms. The summed E-state index contributed by atoms with van der Waals surface area (Å²) in [6, 6.07) is 7.56. The van der Waals surface area contributed by atoms with Crippen molar-refractivity contribution in [2.75, 3.05) is 11.9 Å².